The number of ether oxygens (including phenoxy) is 2. The number of hydrogen-bond donors (Lipinski definition) is 0. The first-order chi connectivity index (χ1) is 11.9. The van der Waals surface area contributed by atoms with Gasteiger partial charge >= 0.3 is 5.97 Å². The average Bonchev–Trinajstić information content (AvgIpc) is 2.58. The Morgan fingerprint density at radius 3 is 2.36 bits per heavy atom. The van der Waals surface area contributed by atoms with Crippen LogP contribution in [0.1, 0.15) is 29.3 Å². The molecular weight excluding hydrogens is 337 g/mol. The summed E-state index contributed by atoms with van der Waals surface area (Å²) in [6.45, 7) is 1.48. The predicted molar refractivity (Wildman–Crippen MR) is 82.7 cm³/mol. The summed E-state index contributed by atoms with van der Waals surface area (Å²) in [5.41, 5.74) is -0.140. The van der Waals surface area contributed by atoms with E-state index in [1.54, 1.807) is 30.3 Å². The highest BCUT2D eigenvalue weighted by molar-refractivity contribution is 6.07. The predicted octanol–water partition coefficient (Wildman–Crippen LogP) is 3.82. The van der Waals surface area contributed by atoms with Crippen molar-refractivity contribution in [2.45, 2.75) is 20.0 Å². The van der Waals surface area contributed by atoms with Crippen LogP contribution in [0.15, 0.2) is 36.4 Å². The summed E-state index contributed by atoms with van der Waals surface area (Å²) < 4.78 is 51.0. The highest BCUT2D eigenvalue weighted by Crippen LogP contribution is 2.28. The normalized spacial score (nSPS) is 10.4. The van der Waals surface area contributed by atoms with E-state index in [-0.39, 0.29) is 13.2 Å². The van der Waals surface area contributed by atoms with Crippen LogP contribution in [0.4, 0.5) is 13.2 Å². The molecule has 2 aromatic carbocycles. The van der Waals surface area contributed by atoms with Gasteiger partial charge in [-0.2, -0.15) is 0 Å². The lowest BCUT2D eigenvalue weighted by Crippen LogP contribution is -2.15. The maximum atomic E-state index is 14.1. The fourth-order valence-electron chi connectivity index (χ4n) is 2.11. The number of carbonyl (C=O) groups is 2. The number of ketones is 1. The minimum atomic E-state index is -1.81. The topological polar surface area (TPSA) is 52.6 Å². The molecule has 7 heteroatoms. The minimum Gasteiger partial charge on any atom is -0.488 e. The maximum absolute atomic E-state index is 14.1. The molecule has 0 aliphatic carbocycles. The molecule has 25 heavy (non-hydrogen) atoms. The lowest BCUT2D eigenvalue weighted by molar-refractivity contribution is -0.141. The van der Waals surface area contributed by atoms with Gasteiger partial charge in [0.05, 0.1) is 12.2 Å². The zero-order chi connectivity index (χ0) is 18.4. The van der Waals surface area contributed by atoms with Crippen molar-refractivity contribution in [1.29, 1.82) is 0 Å². The van der Waals surface area contributed by atoms with E-state index < -0.39 is 46.9 Å². The van der Waals surface area contributed by atoms with Gasteiger partial charge in [0.15, 0.2) is 23.2 Å². The average molecular weight is 352 g/mol. The molecule has 0 amide bonds. The first-order valence-corrected chi connectivity index (χ1v) is 7.47. The zero-order valence-corrected chi connectivity index (χ0v) is 13.4. The lowest BCUT2D eigenvalue weighted by Gasteiger charge is -2.13. The van der Waals surface area contributed by atoms with Crippen LogP contribution in [-0.4, -0.2) is 18.4 Å². The Bertz CT molecular complexity index is 776. The van der Waals surface area contributed by atoms with Gasteiger partial charge in [0.25, 0.3) is 0 Å². The van der Waals surface area contributed by atoms with Gasteiger partial charge in [-0.05, 0) is 12.5 Å². The van der Waals surface area contributed by atoms with E-state index in [2.05, 4.69) is 4.74 Å². The molecule has 0 fully saturated rings. The number of rotatable bonds is 7. The Kier molecular flexibility index (Phi) is 6.16. The summed E-state index contributed by atoms with van der Waals surface area (Å²) in [6, 6.07) is 9.23. The van der Waals surface area contributed by atoms with Crippen molar-refractivity contribution < 1.29 is 32.2 Å². The van der Waals surface area contributed by atoms with Crippen LogP contribution < -0.4 is 4.74 Å². The van der Waals surface area contributed by atoms with E-state index in [1.165, 1.54) is 6.92 Å². The van der Waals surface area contributed by atoms with Crippen LogP contribution in [0.3, 0.4) is 0 Å². The van der Waals surface area contributed by atoms with Crippen LogP contribution in [0.5, 0.6) is 5.75 Å². The molecule has 0 aliphatic heterocycles. The molecule has 0 N–H and O–H groups in total. The lowest BCUT2D eigenvalue weighted by atomic mass is 10.1. The molecule has 0 bridgehead atoms. The molecule has 2 aromatic rings. The van der Waals surface area contributed by atoms with Gasteiger partial charge in [-0.15, -0.1) is 0 Å². The number of hydrogen-bond acceptors (Lipinski definition) is 4. The van der Waals surface area contributed by atoms with Gasteiger partial charge in [0, 0.05) is 6.07 Å². The van der Waals surface area contributed by atoms with E-state index in [0.29, 0.717) is 11.6 Å². The number of halogens is 3. The van der Waals surface area contributed by atoms with Crippen molar-refractivity contribution in [3.05, 3.63) is 65.0 Å². The van der Waals surface area contributed by atoms with Crippen molar-refractivity contribution in [3.8, 4) is 5.75 Å². The molecule has 0 unspecified atom stereocenters. The van der Waals surface area contributed by atoms with Gasteiger partial charge < -0.3 is 9.47 Å². The third-order valence-corrected chi connectivity index (χ3v) is 3.25. The van der Waals surface area contributed by atoms with Crippen molar-refractivity contribution in [2.75, 3.05) is 6.61 Å². The second-order valence-corrected chi connectivity index (χ2v) is 5.04. The summed E-state index contributed by atoms with van der Waals surface area (Å²) in [4.78, 5) is 23.5. The Morgan fingerprint density at radius 1 is 1.04 bits per heavy atom. The van der Waals surface area contributed by atoms with Gasteiger partial charge in [0.2, 0.25) is 0 Å². The summed E-state index contributed by atoms with van der Waals surface area (Å²) in [7, 11) is 0. The van der Waals surface area contributed by atoms with Crippen LogP contribution in [0.2, 0.25) is 0 Å². The molecular formula is C18H15F3O4. The molecule has 0 saturated heterocycles. The molecule has 0 heterocycles. The monoisotopic (exact) mass is 352 g/mol. The summed E-state index contributed by atoms with van der Waals surface area (Å²) in [6.07, 6.45) is -0.808. The number of carbonyl (C=O) groups excluding carboxylic acids is 2. The second kappa shape index (κ2) is 8.32. The third-order valence-electron chi connectivity index (χ3n) is 3.25. The highest BCUT2D eigenvalue weighted by atomic mass is 19.2. The first kappa shape index (κ1) is 18.5. The van der Waals surface area contributed by atoms with Gasteiger partial charge in [-0.25, -0.2) is 13.2 Å². The molecule has 0 aliphatic rings. The summed E-state index contributed by atoms with van der Waals surface area (Å²) >= 11 is 0. The Hall–Kier alpha value is -2.83. The SMILES string of the molecule is CCOC(=O)CC(=O)c1c(OCc2ccccc2)cc(F)c(F)c1F. The Balaban J connectivity index is 2.31. The molecule has 0 spiro atoms. The van der Waals surface area contributed by atoms with E-state index in [9.17, 15) is 22.8 Å². The van der Waals surface area contributed by atoms with Crippen molar-refractivity contribution in [3.63, 3.8) is 0 Å². The second-order valence-electron chi connectivity index (χ2n) is 5.04. The molecule has 0 saturated carbocycles. The van der Waals surface area contributed by atoms with Gasteiger partial charge in [-0.3, -0.25) is 9.59 Å². The van der Waals surface area contributed by atoms with Gasteiger partial charge in [-0.1, -0.05) is 30.3 Å². The number of esters is 1. The van der Waals surface area contributed by atoms with Crippen LogP contribution in [-0.2, 0) is 16.1 Å². The summed E-state index contributed by atoms with van der Waals surface area (Å²) in [5.74, 6) is -7.43. The maximum Gasteiger partial charge on any atom is 0.313 e. The molecule has 0 atom stereocenters. The van der Waals surface area contributed by atoms with Crippen LogP contribution in [0.25, 0.3) is 0 Å². The smallest absolute Gasteiger partial charge is 0.313 e. The van der Waals surface area contributed by atoms with E-state index in [1.807, 2.05) is 0 Å². The van der Waals surface area contributed by atoms with Crippen molar-refractivity contribution in [1.82, 2.24) is 0 Å². The van der Waals surface area contributed by atoms with E-state index >= 15 is 0 Å². The van der Waals surface area contributed by atoms with Crippen LogP contribution in [0, 0.1) is 17.5 Å². The highest BCUT2D eigenvalue weighted by Gasteiger charge is 2.26. The van der Waals surface area contributed by atoms with Crippen molar-refractivity contribution >= 4 is 11.8 Å². The largest absolute Gasteiger partial charge is 0.488 e. The fraction of sp³-hybridized carbons (Fsp3) is 0.222. The molecule has 4 nitrogen and oxygen atoms in total. The van der Waals surface area contributed by atoms with E-state index in [4.69, 9.17) is 4.74 Å². The first-order valence-electron chi connectivity index (χ1n) is 7.47. The van der Waals surface area contributed by atoms with Gasteiger partial charge in [0.1, 0.15) is 18.8 Å². The standard InChI is InChI=1S/C18H15F3O4/c1-2-24-15(23)9-13(22)16-14(8-12(19)17(20)18(16)21)25-10-11-6-4-3-5-7-11/h3-8H,2,9-10H2,1H3. The Morgan fingerprint density at radius 2 is 1.72 bits per heavy atom. The molecule has 0 aromatic heterocycles. The third kappa shape index (κ3) is 4.59. The quantitative estimate of drug-likeness (QED) is 0.329. The number of benzene rings is 2. The van der Waals surface area contributed by atoms with Crippen molar-refractivity contribution in [2.24, 2.45) is 0 Å². The summed E-state index contributed by atoms with van der Waals surface area (Å²) in [5, 5.41) is 0. The number of Topliss-reactive ketones (excluding diaryl/α,β-unsaturated/α-hetero) is 1. The van der Waals surface area contributed by atoms with Crippen LogP contribution >= 0.6 is 0 Å². The zero-order valence-electron chi connectivity index (χ0n) is 13.4. The molecule has 132 valence electrons. The minimum absolute atomic E-state index is 0.0315. The fourth-order valence-corrected chi connectivity index (χ4v) is 2.11. The molecule has 2 rings (SSSR count). The Labute approximate surface area is 142 Å². The molecule has 0 radical (unpaired) electrons. The van der Waals surface area contributed by atoms with E-state index in [0.717, 1.165) is 0 Å².